The first-order valence-electron chi connectivity index (χ1n) is 6.14. The van der Waals surface area contributed by atoms with Crippen molar-refractivity contribution in [2.75, 3.05) is 18.0 Å². The Labute approximate surface area is 105 Å². The molecule has 3 rings (SSSR count). The number of rotatable bonds is 2. The van der Waals surface area contributed by atoms with E-state index in [0.29, 0.717) is 19.5 Å². The Kier molecular flexibility index (Phi) is 2.72. The topological polar surface area (TPSA) is 59.2 Å². The lowest BCUT2D eigenvalue weighted by Gasteiger charge is -2.15. The Balaban J connectivity index is 1.97. The molecule has 0 bridgehead atoms. The Morgan fingerprint density at radius 2 is 2.11 bits per heavy atom. The Bertz CT molecular complexity index is 596. The molecule has 2 N–H and O–H groups in total. The molecule has 1 aliphatic heterocycles. The second-order valence-electron chi connectivity index (χ2n) is 4.67. The van der Waals surface area contributed by atoms with Crippen LogP contribution in [-0.2, 0) is 4.79 Å². The number of para-hydroxylation sites is 1. The average molecular weight is 241 g/mol. The maximum absolute atomic E-state index is 11.9. The van der Waals surface area contributed by atoms with Gasteiger partial charge in [0, 0.05) is 18.4 Å². The predicted molar refractivity (Wildman–Crippen MR) is 71.3 cm³/mol. The van der Waals surface area contributed by atoms with Crippen LogP contribution in [0.5, 0.6) is 0 Å². The number of anilines is 1. The number of benzene rings is 1. The molecule has 2 aromatic rings. The van der Waals surface area contributed by atoms with Gasteiger partial charge in [0.1, 0.15) is 5.82 Å². The van der Waals surface area contributed by atoms with E-state index < -0.39 is 0 Å². The molecule has 1 aromatic heterocycles. The van der Waals surface area contributed by atoms with Gasteiger partial charge in [-0.25, -0.2) is 4.98 Å². The summed E-state index contributed by atoms with van der Waals surface area (Å²) in [5.74, 6) is 1.11. The zero-order chi connectivity index (χ0) is 12.5. The third kappa shape index (κ3) is 1.84. The third-order valence-corrected chi connectivity index (χ3v) is 3.40. The fraction of sp³-hybridized carbons (Fsp3) is 0.286. The lowest BCUT2D eigenvalue weighted by atomic mass is 10.1. The molecule has 1 unspecified atom stereocenters. The van der Waals surface area contributed by atoms with Crippen molar-refractivity contribution in [3.63, 3.8) is 0 Å². The number of carbonyl (C=O) groups excluding carboxylic acids is 1. The molecule has 1 saturated heterocycles. The van der Waals surface area contributed by atoms with E-state index in [4.69, 9.17) is 5.73 Å². The van der Waals surface area contributed by atoms with Gasteiger partial charge in [0.15, 0.2) is 0 Å². The van der Waals surface area contributed by atoms with Crippen LogP contribution in [0.25, 0.3) is 10.9 Å². The number of fused-ring (bicyclic) bond motifs is 1. The van der Waals surface area contributed by atoms with Crippen LogP contribution in [0.2, 0.25) is 0 Å². The third-order valence-electron chi connectivity index (χ3n) is 3.40. The van der Waals surface area contributed by atoms with E-state index in [-0.39, 0.29) is 11.8 Å². The van der Waals surface area contributed by atoms with Crippen molar-refractivity contribution in [1.29, 1.82) is 0 Å². The Morgan fingerprint density at radius 1 is 1.28 bits per heavy atom. The highest BCUT2D eigenvalue weighted by Gasteiger charge is 2.30. The van der Waals surface area contributed by atoms with Gasteiger partial charge in [0.2, 0.25) is 5.91 Å². The van der Waals surface area contributed by atoms with Crippen LogP contribution in [-0.4, -0.2) is 24.0 Å². The van der Waals surface area contributed by atoms with Gasteiger partial charge >= 0.3 is 0 Å². The largest absolute Gasteiger partial charge is 0.330 e. The number of hydrogen-bond donors (Lipinski definition) is 1. The molecular formula is C14H15N3O. The smallest absolute Gasteiger partial charge is 0.228 e. The van der Waals surface area contributed by atoms with Gasteiger partial charge in [-0.2, -0.15) is 0 Å². The zero-order valence-electron chi connectivity index (χ0n) is 10.0. The summed E-state index contributed by atoms with van der Waals surface area (Å²) in [4.78, 5) is 18.2. The highest BCUT2D eigenvalue weighted by molar-refractivity contribution is 5.96. The first kappa shape index (κ1) is 11.2. The van der Waals surface area contributed by atoms with Crippen molar-refractivity contribution < 1.29 is 4.79 Å². The van der Waals surface area contributed by atoms with E-state index in [2.05, 4.69) is 4.98 Å². The van der Waals surface area contributed by atoms with Crippen molar-refractivity contribution in [3.05, 3.63) is 36.4 Å². The van der Waals surface area contributed by atoms with Crippen LogP contribution in [0.4, 0.5) is 5.82 Å². The maximum atomic E-state index is 11.9. The van der Waals surface area contributed by atoms with E-state index in [0.717, 1.165) is 16.7 Å². The number of nitrogens with two attached hydrogens (primary N) is 1. The highest BCUT2D eigenvalue weighted by atomic mass is 16.2. The average Bonchev–Trinajstić information content (AvgIpc) is 2.79. The fourth-order valence-electron chi connectivity index (χ4n) is 2.37. The Morgan fingerprint density at radius 3 is 2.89 bits per heavy atom. The molecule has 4 heteroatoms. The van der Waals surface area contributed by atoms with Gasteiger partial charge < -0.3 is 5.73 Å². The van der Waals surface area contributed by atoms with Crippen molar-refractivity contribution in [2.45, 2.75) is 6.42 Å². The van der Waals surface area contributed by atoms with Crippen LogP contribution >= 0.6 is 0 Å². The summed E-state index contributed by atoms with van der Waals surface area (Å²) in [7, 11) is 0. The summed E-state index contributed by atoms with van der Waals surface area (Å²) in [6.45, 7) is 1.23. The first-order valence-corrected chi connectivity index (χ1v) is 6.14. The van der Waals surface area contributed by atoms with Crippen molar-refractivity contribution >= 4 is 22.6 Å². The summed E-state index contributed by atoms with van der Waals surface area (Å²) >= 11 is 0. The number of nitrogens with zero attached hydrogens (tertiary/aromatic N) is 2. The first-order chi connectivity index (χ1) is 8.78. The van der Waals surface area contributed by atoms with Gasteiger partial charge in [-0.15, -0.1) is 0 Å². The maximum Gasteiger partial charge on any atom is 0.228 e. The van der Waals surface area contributed by atoms with Crippen molar-refractivity contribution in [1.82, 2.24) is 4.98 Å². The standard InChI is InChI=1S/C14H15N3O/c15-8-10-7-14(18)17(9-10)13-6-5-11-3-1-2-4-12(11)16-13/h1-6,10H,7-9,15H2. The molecule has 0 aliphatic carbocycles. The molecule has 1 aliphatic rings. The minimum atomic E-state index is 0.119. The van der Waals surface area contributed by atoms with E-state index in [1.165, 1.54) is 0 Å². The van der Waals surface area contributed by atoms with Gasteiger partial charge in [0.05, 0.1) is 5.52 Å². The molecular weight excluding hydrogens is 226 g/mol. The van der Waals surface area contributed by atoms with Crippen LogP contribution in [0, 0.1) is 5.92 Å². The minimum absolute atomic E-state index is 0.119. The van der Waals surface area contributed by atoms with Crippen LogP contribution in [0.15, 0.2) is 36.4 Å². The fourth-order valence-corrected chi connectivity index (χ4v) is 2.37. The zero-order valence-corrected chi connectivity index (χ0v) is 10.0. The number of hydrogen-bond acceptors (Lipinski definition) is 3. The SMILES string of the molecule is NCC1CC(=O)N(c2ccc3ccccc3n2)C1. The lowest BCUT2D eigenvalue weighted by Crippen LogP contribution is -2.26. The molecule has 18 heavy (non-hydrogen) atoms. The van der Waals surface area contributed by atoms with E-state index in [1.807, 2.05) is 36.4 Å². The molecule has 1 aromatic carbocycles. The number of aromatic nitrogens is 1. The number of amides is 1. The summed E-state index contributed by atoms with van der Waals surface area (Å²) in [6.07, 6.45) is 0.533. The molecule has 1 amide bonds. The van der Waals surface area contributed by atoms with Crippen LogP contribution in [0.3, 0.4) is 0 Å². The molecule has 0 radical (unpaired) electrons. The van der Waals surface area contributed by atoms with Gasteiger partial charge in [-0.3, -0.25) is 9.69 Å². The monoisotopic (exact) mass is 241 g/mol. The summed E-state index contributed by atoms with van der Waals surface area (Å²) in [6, 6.07) is 11.8. The van der Waals surface area contributed by atoms with Gasteiger partial charge in [-0.05, 0) is 30.7 Å². The van der Waals surface area contributed by atoms with E-state index in [9.17, 15) is 4.79 Å². The highest BCUT2D eigenvalue weighted by Crippen LogP contribution is 2.24. The minimum Gasteiger partial charge on any atom is -0.330 e. The second kappa shape index (κ2) is 4.38. The summed E-state index contributed by atoms with van der Waals surface area (Å²) in [5.41, 5.74) is 6.54. The molecule has 4 nitrogen and oxygen atoms in total. The van der Waals surface area contributed by atoms with E-state index in [1.54, 1.807) is 4.90 Å². The molecule has 1 fully saturated rings. The molecule has 0 spiro atoms. The van der Waals surface area contributed by atoms with Crippen LogP contribution in [0.1, 0.15) is 6.42 Å². The normalized spacial score (nSPS) is 19.7. The van der Waals surface area contributed by atoms with Crippen molar-refractivity contribution in [3.8, 4) is 0 Å². The van der Waals surface area contributed by atoms with Crippen LogP contribution < -0.4 is 10.6 Å². The Hall–Kier alpha value is -1.94. The molecule has 0 saturated carbocycles. The number of carbonyl (C=O) groups is 1. The van der Waals surface area contributed by atoms with E-state index >= 15 is 0 Å². The van der Waals surface area contributed by atoms with Crippen molar-refractivity contribution in [2.24, 2.45) is 11.7 Å². The molecule has 2 heterocycles. The summed E-state index contributed by atoms with van der Waals surface area (Å²) < 4.78 is 0. The van der Waals surface area contributed by atoms with Gasteiger partial charge in [0.25, 0.3) is 0 Å². The molecule has 1 atom stereocenters. The summed E-state index contributed by atoms with van der Waals surface area (Å²) in [5, 5.41) is 1.09. The predicted octanol–water partition coefficient (Wildman–Crippen LogP) is 1.55. The quantitative estimate of drug-likeness (QED) is 0.867. The molecule has 92 valence electrons. The number of pyridine rings is 1. The second-order valence-corrected chi connectivity index (χ2v) is 4.67. The van der Waals surface area contributed by atoms with Gasteiger partial charge in [-0.1, -0.05) is 18.2 Å². The lowest BCUT2D eigenvalue weighted by molar-refractivity contribution is -0.117.